The molecule has 1 unspecified atom stereocenters. The summed E-state index contributed by atoms with van der Waals surface area (Å²) in [5.74, 6) is 0.0428. The van der Waals surface area contributed by atoms with E-state index in [1.54, 1.807) is 18.3 Å². The first-order chi connectivity index (χ1) is 9.81. The quantitative estimate of drug-likeness (QED) is 0.870. The molecule has 1 atom stereocenters. The van der Waals surface area contributed by atoms with Crippen molar-refractivity contribution in [2.75, 3.05) is 17.6 Å². The molecule has 2 rings (SSSR count). The maximum Gasteiger partial charge on any atom is 0.244 e. The number of rotatable bonds is 4. The molecule has 0 bridgehead atoms. The van der Waals surface area contributed by atoms with Gasteiger partial charge in [-0.25, -0.2) is 13.4 Å². The molecular formula is C13H18BrN3O3S. The molecule has 1 aliphatic heterocycles. The molecule has 0 aromatic carbocycles. The molecule has 8 heteroatoms. The van der Waals surface area contributed by atoms with Gasteiger partial charge in [-0.05, 0) is 24.5 Å². The smallest absolute Gasteiger partial charge is 0.244 e. The number of hydrogen-bond donors (Lipinski definition) is 1. The molecular weight excluding hydrogens is 358 g/mol. The number of amides is 1. The van der Waals surface area contributed by atoms with Crippen LogP contribution in [0, 0.1) is 5.92 Å². The van der Waals surface area contributed by atoms with Crippen molar-refractivity contribution in [3.8, 4) is 0 Å². The van der Waals surface area contributed by atoms with E-state index in [4.69, 9.17) is 0 Å². The van der Waals surface area contributed by atoms with Crippen molar-refractivity contribution in [2.45, 2.75) is 26.3 Å². The number of nitrogens with zero attached hydrogens (tertiary/aromatic N) is 2. The van der Waals surface area contributed by atoms with Gasteiger partial charge in [0.2, 0.25) is 15.9 Å². The second-order valence-corrected chi connectivity index (χ2v) is 8.27. The highest BCUT2D eigenvalue weighted by atomic mass is 79.9. The Kier molecular flexibility index (Phi) is 5.00. The molecule has 1 aromatic rings. The lowest BCUT2D eigenvalue weighted by atomic mass is 10.0. The largest absolute Gasteiger partial charge is 0.309 e. The van der Waals surface area contributed by atoms with E-state index in [-0.39, 0.29) is 17.6 Å². The third-order valence-electron chi connectivity index (χ3n) is 3.32. The number of aromatic nitrogens is 1. The van der Waals surface area contributed by atoms with Gasteiger partial charge in [-0.1, -0.05) is 29.8 Å². The van der Waals surface area contributed by atoms with Gasteiger partial charge in [0, 0.05) is 17.2 Å². The minimum absolute atomic E-state index is 0.110. The second-order valence-electron chi connectivity index (χ2n) is 5.32. The van der Waals surface area contributed by atoms with Crippen LogP contribution in [0.2, 0.25) is 0 Å². The molecule has 0 aliphatic carbocycles. The van der Waals surface area contributed by atoms with Gasteiger partial charge in [-0.3, -0.25) is 4.79 Å². The van der Waals surface area contributed by atoms with Crippen LogP contribution in [-0.4, -0.2) is 42.0 Å². The predicted molar refractivity (Wildman–Crippen MR) is 84.3 cm³/mol. The van der Waals surface area contributed by atoms with Crippen LogP contribution in [0.3, 0.4) is 0 Å². The third-order valence-corrected chi connectivity index (χ3v) is 5.74. The Balaban J connectivity index is 2.21. The van der Waals surface area contributed by atoms with Crippen molar-refractivity contribution in [3.05, 3.63) is 22.8 Å². The molecule has 1 saturated heterocycles. The summed E-state index contributed by atoms with van der Waals surface area (Å²) in [6.07, 6.45) is 2.13. The van der Waals surface area contributed by atoms with Crippen LogP contribution in [0.25, 0.3) is 0 Å². The van der Waals surface area contributed by atoms with Crippen LogP contribution in [0.4, 0.5) is 5.82 Å². The molecule has 6 nitrogen and oxygen atoms in total. The van der Waals surface area contributed by atoms with Crippen LogP contribution in [0.1, 0.15) is 20.3 Å². The Morgan fingerprint density at radius 3 is 2.71 bits per heavy atom. The molecule has 1 aromatic heterocycles. The normalized spacial score (nSPS) is 19.6. The SMILES string of the molecule is CC(C)C(C(=O)Nc1cc(Br)ccn1)N1CCCS1(=O)=O. The summed E-state index contributed by atoms with van der Waals surface area (Å²) in [6, 6.07) is 2.71. The van der Waals surface area contributed by atoms with Gasteiger partial charge in [0.05, 0.1) is 5.75 Å². The summed E-state index contributed by atoms with van der Waals surface area (Å²) >= 11 is 3.30. The molecule has 21 heavy (non-hydrogen) atoms. The minimum atomic E-state index is -3.33. The van der Waals surface area contributed by atoms with Crippen LogP contribution in [0.5, 0.6) is 0 Å². The molecule has 1 fully saturated rings. The molecule has 1 amide bonds. The molecule has 1 N–H and O–H groups in total. The van der Waals surface area contributed by atoms with Crippen molar-refractivity contribution < 1.29 is 13.2 Å². The van der Waals surface area contributed by atoms with E-state index >= 15 is 0 Å². The van der Waals surface area contributed by atoms with Crippen LogP contribution < -0.4 is 5.32 Å². The van der Waals surface area contributed by atoms with E-state index < -0.39 is 16.1 Å². The number of carbonyl (C=O) groups excluding carboxylic acids is 1. The van der Waals surface area contributed by atoms with Crippen molar-refractivity contribution in [1.82, 2.24) is 9.29 Å². The second kappa shape index (κ2) is 6.41. The van der Waals surface area contributed by atoms with E-state index in [0.717, 1.165) is 4.47 Å². The first kappa shape index (κ1) is 16.4. The molecule has 0 saturated carbocycles. The first-order valence-electron chi connectivity index (χ1n) is 6.73. The first-order valence-corrected chi connectivity index (χ1v) is 9.13. The number of sulfonamides is 1. The Labute approximate surface area is 133 Å². The molecule has 0 spiro atoms. The number of hydrogen-bond acceptors (Lipinski definition) is 4. The number of nitrogens with one attached hydrogen (secondary N) is 1. The van der Waals surface area contributed by atoms with Gasteiger partial charge >= 0.3 is 0 Å². The lowest BCUT2D eigenvalue weighted by Crippen LogP contribution is -2.48. The lowest BCUT2D eigenvalue weighted by molar-refractivity contribution is -0.120. The van der Waals surface area contributed by atoms with Gasteiger partial charge in [-0.15, -0.1) is 0 Å². The van der Waals surface area contributed by atoms with Gasteiger partial charge in [0.25, 0.3) is 0 Å². The zero-order valence-electron chi connectivity index (χ0n) is 11.9. The Morgan fingerprint density at radius 1 is 1.48 bits per heavy atom. The molecule has 0 radical (unpaired) electrons. The number of halogens is 1. The topological polar surface area (TPSA) is 79.4 Å². The highest BCUT2D eigenvalue weighted by Gasteiger charge is 2.39. The summed E-state index contributed by atoms with van der Waals surface area (Å²) in [7, 11) is -3.33. The standard InChI is InChI=1S/C13H18BrN3O3S/c1-9(2)12(17-6-3-7-21(17,19)20)13(18)16-11-8-10(14)4-5-15-11/h4-5,8-9,12H,3,6-7H2,1-2H3,(H,15,16,18). The monoisotopic (exact) mass is 375 g/mol. The Morgan fingerprint density at radius 2 is 2.19 bits per heavy atom. The summed E-state index contributed by atoms with van der Waals surface area (Å²) in [5, 5.41) is 2.69. The van der Waals surface area contributed by atoms with Gasteiger partial charge in [0.1, 0.15) is 11.9 Å². The van der Waals surface area contributed by atoms with Crippen LogP contribution in [0.15, 0.2) is 22.8 Å². The number of anilines is 1. The van der Waals surface area contributed by atoms with Gasteiger partial charge in [-0.2, -0.15) is 4.31 Å². The molecule has 2 heterocycles. The maximum atomic E-state index is 12.5. The lowest BCUT2D eigenvalue weighted by Gasteiger charge is -2.28. The summed E-state index contributed by atoms with van der Waals surface area (Å²) in [5.41, 5.74) is 0. The fraction of sp³-hybridized carbons (Fsp3) is 0.538. The Hall–Kier alpha value is -0.990. The van der Waals surface area contributed by atoms with Crippen LogP contribution in [-0.2, 0) is 14.8 Å². The zero-order valence-corrected chi connectivity index (χ0v) is 14.3. The van der Waals surface area contributed by atoms with Gasteiger partial charge in [0.15, 0.2) is 0 Å². The van der Waals surface area contributed by atoms with Gasteiger partial charge < -0.3 is 5.32 Å². The van der Waals surface area contributed by atoms with E-state index in [1.165, 1.54) is 4.31 Å². The average Bonchev–Trinajstić information content (AvgIpc) is 2.69. The minimum Gasteiger partial charge on any atom is -0.309 e. The molecule has 1 aliphatic rings. The maximum absolute atomic E-state index is 12.5. The van der Waals surface area contributed by atoms with E-state index in [9.17, 15) is 13.2 Å². The molecule has 116 valence electrons. The summed E-state index contributed by atoms with van der Waals surface area (Å²) < 4.78 is 26.2. The van der Waals surface area contributed by atoms with Crippen molar-refractivity contribution in [2.24, 2.45) is 5.92 Å². The average molecular weight is 376 g/mol. The Bertz CT molecular complexity index is 633. The number of carbonyl (C=O) groups is 1. The fourth-order valence-electron chi connectivity index (χ4n) is 2.41. The fourth-order valence-corrected chi connectivity index (χ4v) is 4.57. The van der Waals surface area contributed by atoms with E-state index in [2.05, 4.69) is 26.2 Å². The number of pyridine rings is 1. The summed E-state index contributed by atoms with van der Waals surface area (Å²) in [6.45, 7) is 4.07. The van der Waals surface area contributed by atoms with Crippen molar-refractivity contribution in [1.29, 1.82) is 0 Å². The zero-order chi connectivity index (χ0) is 15.6. The van der Waals surface area contributed by atoms with E-state index in [1.807, 2.05) is 13.8 Å². The third kappa shape index (κ3) is 3.81. The highest BCUT2D eigenvalue weighted by molar-refractivity contribution is 9.10. The van der Waals surface area contributed by atoms with Crippen LogP contribution >= 0.6 is 15.9 Å². The van der Waals surface area contributed by atoms with Crippen molar-refractivity contribution >= 4 is 37.7 Å². The predicted octanol–water partition coefficient (Wildman–Crippen LogP) is 1.84. The highest BCUT2D eigenvalue weighted by Crippen LogP contribution is 2.23. The summed E-state index contributed by atoms with van der Waals surface area (Å²) in [4.78, 5) is 16.5. The van der Waals surface area contributed by atoms with E-state index in [0.29, 0.717) is 18.8 Å². The van der Waals surface area contributed by atoms with Crippen molar-refractivity contribution in [3.63, 3.8) is 0 Å².